The summed E-state index contributed by atoms with van der Waals surface area (Å²) in [6.45, 7) is 11.0. The number of fused-ring (bicyclic) bond motifs is 2. The van der Waals surface area contributed by atoms with Crippen LogP contribution in [0.15, 0.2) is 60.8 Å². The highest BCUT2D eigenvalue weighted by Crippen LogP contribution is 2.38. The van der Waals surface area contributed by atoms with E-state index in [4.69, 9.17) is 4.98 Å². The van der Waals surface area contributed by atoms with Crippen molar-refractivity contribution in [2.24, 2.45) is 0 Å². The first kappa shape index (κ1) is 21.9. The fourth-order valence-electron chi connectivity index (χ4n) is 4.52. The van der Waals surface area contributed by atoms with Crippen LogP contribution in [0.25, 0.3) is 44.6 Å². The van der Waals surface area contributed by atoms with E-state index in [0.717, 1.165) is 38.9 Å². The van der Waals surface area contributed by atoms with Crippen molar-refractivity contribution in [2.45, 2.75) is 46.1 Å². The van der Waals surface area contributed by atoms with Gasteiger partial charge in [0.25, 0.3) is 0 Å². The molecule has 6 nitrogen and oxygen atoms in total. The van der Waals surface area contributed by atoms with Gasteiger partial charge in [-0.2, -0.15) is 0 Å². The number of benzene rings is 2. The van der Waals surface area contributed by atoms with Crippen LogP contribution in [0.2, 0.25) is 0 Å². The molecule has 0 unspecified atom stereocenters. The fourth-order valence-corrected chi connectivity index (χ4v) is 4.52. The Labute approximate surface area is 198 Å². The fraction of sp³-hybridized carbons (Fsp3) is 0.250. The smallest absolute Gasteiger partial charge is 0.354 e. The third kappa shape index (κ3) is 3.55. The molecule has 0 saturated heterocycles. The van der Waals surface area contributed by atoms with Gasteiger partial charge in [0, 0.05) is 28.8 Å². The minimum atomic E-state index is -1.05. The van der Waals surface area contributed by atoms with Gasteiger partial charge in [-0.05, 0) is 61.2 Å². The summed E-state index contributed by atoms with van der Waals surface area (Å²) in [6.07, 6.45) is 1.97. The molecule has 0 radical (unpaired) electrons. The lowest BCUT2D eigenvalue weighted by Crippen LogP contribution is -2.11. The van der Waals surface area contributed by atoms with Crippen molar-refractivity contribution in [3.05, 3.63) is 72.1 Å². The molecule has 2 N–H and O–H groups in total. The topological polar surface area (TPSA) is 83.8 Å². The number of aromatic nitrogens is 4. The van der Waals surface area contributed by atoms with Crippen molar-refractivity contribution in [2.75, 3.05) is 0 Å². The van der Waals surface area contributed by atoms with Gasteiger partial charge < -0.3 is 14.7 Å². The first-order chi connectivity index (χ1) is 16.1. The monoisotopic (exact) mass is 452 g/mol. The van der Waals surface area contributed by atoms with Crippen LogP contribution in [0, 0.1) is 0 Å². The summed E-state index contributed by atoms with van der Waals surface area (Å²) in [5.74, 6) is -0.166. The van der Waals surface area contributed by atoms with E-state index in [1.807, 2.05) is 24.4 Å². The predicted octanol–water partition coefficient (Wildman–Crippen LogP) is 6.82. The first-order valence-electron chi connectivity index (χ1n) is 11.5. The largest absolute Gasteiger partial charge is 0.477 e. The zero-order valence-corrected chi connectivity index (χ0v) is 20.0. The van der Waals surface area contributed by atoms with E-state index in [-0.39, 0.29) is 17.2 Å². The summed E-state index contributed by atoms with van der Waals surface area (Å²) in [6, 6.07) is 17.8. The van der Waals surface area contributed by atoms with Gasteiger partial charge in [-0.1, -0.05) is 39.0 Å². The van der Waals surface area contributed by atoms with E-state index in [0.29, 0.717) is 5.69 Å². The van der Waals surface area contributed by atoms with Crippen molar-refractivity contribution < 1.29 is 9.90 Å². The molecule has 0 fully saturated rings. The number of nitrogens with one attached hydrogen (secondary N) is 1. The quantitative estimate of drug-likeness (QED) is 0.313. The molecule has 6 heteroatoms. The minimum Gasteiger partial charge on any atom is -0.477 e. The SMILES string of the molecule is CC(C)n1c(-c2cc(C(C)(C)C)cc3cc[nH]c23)nc2c(-c3cccc(C(=O)O)n3)cccc21. The molecule has 5 aromatic rings. The Hall–Kier alpha value is -3.93. The molecule has 0 spiro atoms. The van der Waals surface area contributed by atoms with Gasteiger partial charge in [-0.3, -0.25) is 0 Å². The van der Waals surface area contributed by atoms with Crippen molar-refractivity contribution in [3.8, 4) is 22.6 Å². The minimum absolute atomic E-state index is 0.0127. The van der Waals surface area contributed by atoms with Crippen LogP contribution in [0.3, 0.4) is 0 Å². The van der Waals surface area contributed by atoms with Crippen LogP contribution < -0.4 is 0 Å². The summed E-state index contributed by atoms with van der Waals surface area (Å²) in [4.78, 5) is 24.5. The number of hydrogen-bond acceptors (Lipinski definition) is 3. The summed E-state index contributed by atoms with van der Waals surface area (Å²) in [7, 11) is 0. The molecule has 0 aliphatic rings. The maximum Gasteiger partial charge on any atom is 0.354 e. The van der Waals surface area contributed by atoms with E-state index >= 15 is 0 Å². The Balaban J connectivity index is 1.83. The molecule has 5 rings (SSSR count). The van der Waals surface area contributed by atoms with Gasteiger partial charge in [-0.15, -0.1) is 0 Å². The molecular formula is C28H28N4O2. The van der Waals surface area contributed by atoms with Crippen molar-refractivity contribution in [1.29, 1.82) is 0 Å². The number of nitrogens with zero attached hydrogens (tertiary/aromatic N) is 3. The Morgan fingerprint density at radius 2 is 1.76 bits per heavy atom. The average Bonchev–Trinajstić information content (AvgIpc) is 3.42. The molecule has 3 heterocycles. The second-order valence-corrected chi connectivity index (χ2v) is 10.0. The third-order valence-corrected chi connectivity index (χ3v) is 6.25. The average molecular weight is 453 g/mol. The van der Waals surface area contributed by atoms with Gasteiger partial charge in [0.05, 0.1) is 22.2 Å². The summed E-state index contributed by atoms with van der Waals surface area (Å²) in [5, 5.41) is 10.6. The van der Waals surface area contributed by atoms with E-state index in [2.05, 4.69) is 73.4 Å². The van der Waals surface area contributed by atoms with Gasteiger partial charge in [0.2, 0.25) is 0 Å². The van der Waals surface area contributed by atoms with Crippen LogP contribution in [-0.2, 0) is 5.41 Å². The molecule has 3 aromatic heterocycles. The van der Waals surface area contributed by atoms with E-state index in [1.165, 1.54) is 11.6 Å². The van der Waals surface area contributed by atoms with E-state index in [1.54, 1.807) is 6.07 Å². The van der Waals surface area contributed by atoms with Crippen LogP contribution in [-0.4, -0.2) is 30.6 Å². The van der Waals surface area contributed by atoms with E-state index in [9.17, 15) is 9.90 Å². The number of pyridine rings is 1. The number of carbonyl (C=O) groups is 1. The molecule has 0 atom stereocenters. The number of aromatic carboxylic acids is 1. The Morgan fingerprint density at radius 3 is 2.47 bits per heavy atom. The summed E-state index contributed by atoms with van der Waals surface area (Å²) < 4.78 is 2.25. The number of carboxylic acid groups (broad SMARTS) is 1. The van der Waals surface area contributed by atoms with Crippen molar-refractivity contribution >= 4 is 27.9 Å². The van der Waals surface area contributed by atoms with Crippen LogP contribution >= 0.6 is 0 Å². The zero-order valence-electron chi connectivity index (χ0n) is 20.0. The van der Waals surface area contributed by atoms with Gasteiger partial charge in [0.1, 0.15) is 11.5 Å². The maximum absolute atomic E-state index is 11.5. The standard InChI is InChI=1S/C28H28N4O2/c1-16(2)32-23-11-6-8-19(21-9-7-10-22(30-21)27(33)34)25(23)31-26(32)20-15-18(28(3,4)5)14-17-12-13-29-24(17)20/h6-16,29H,1-5H3,(H,33,34). The van der Waals surface area contributed by atoms with Crippen LogP contribution in [0.4, 0.5) is 0 Å². The highest BCUT2D eigenvalue weighted by molar-refractivity contribution is 5.99. The first-order valence-corrected chi connectivity index (χ1v) is 11.5. The number of carboxylic acids is 1. The number of aromatic amines is 1. The Kier molecular flexibility index (Phi) is 5.04. The number of rotatable bonds is 4. The molecule has 34 heavy (non-hydrogen) atoms. The van der Waals surface area contributed by atoms with Gasteiger partial charge in [-0.25, -0.2) is 14.8 Å². The summed E-state index contributed by atoms with van der Waals surface area (Å²) in [5.41, 5.74) is 6.56. The van der Waals surface area contributed by atoms with E-state index < -0.39 is 5.97 Å². The maximum atomic E-state index is 11.5. The number of imidazole rings is 1. The van der Waals surface area contributed by atoms with Gasteiger partial charge >= 0.3 is 5.97 Å². The number of hydrogen-bond donors (Lipinski definition) is 2. The third-order valence-electron chi connectivity index (χ3n) is 6.25. The normalized spacial score (nSPS) is 12.2. The lowest BCUT2D eigenvalue weighted by molar-refractivity contribution is 0.0690. The van der Waals surface area contributed by atoms with Crippen molar-refractivity contribution in [3.63, 3.8) is 0 Å². The highest BCUT2D eigenvalue weighted by atomic mass is 16.4. The molecule has 0 aliphatic carbocycles. The lowest BCUT2D eigenvalue weighted by Gasteiger charge is -2.21. The zero-order chi connectivity index (χ0) is 24.2. The lowest BCUT2D eigenvalue weighted by atomic mass is 9.85. The number of para-hydroxylation sites is 1. The molecular weight excluding hydrogens is 424 g/mol. The summed E-state index contributed by atoms with van der Waals surface area (Å²) >= 11 is 0. The van der Waals surface area contributed by atoms with Gasteiger partial charge in [0.15, 0.2) is 0 Å². The highest BCUT2D eigenvalue weighted by Gasteiger charge is 2.23. The molecule has 172 valence electrons. The Bertz CT molecular complexity index is 1550. The Morgan fingerprint density at radius 1 is 1.00 bits per heavy atom. The molecule has 0 aliphatic heterocycles. The second kappa shape index (κ2) is 7.83. The number of H-pyrrole nitrogens is 1. The van der Waals surface area contributed by atoms with Crippen LogP contribution in [0.5, 0.6) is 0 Å². The molecule has 0 saturated carbocycles. The molecule has 0 amide bonds. The second-order valence-electron chi connectivity index (χ2n) is 10.0. The van der Waals surface area contributed by atoms with Crippen LogP contribution in [0.1, 0.15) is 56.7 Å². The van der Waals surface area contributed by atoms with Crippen molar-refractivity contribution in [1.82, 2.24) is 19.5 Å². The predicted molar refractivity (Wildman–Crippen MR) is 136 cm³/mol. The molecule has 2 aromatic carbocycles. The molecule has 0 bridgehead atoms.